The normalized spacial score (nSPS) is 11.8. The minimum Gasteiger partial charge on any atom is -0.328 e. The number of nitrogens with one attached hydrogen (secondary N) is 2. The molecule has 2 N–H and O–H groups in total. The van der Waals surface area contributed by atoms with Crippen LogP contribution < -0.4 is 10.9 Å². The van der Waals surface area contributed by atoms with Crippen molar-refractivity contribution in [2.24, 2.45) is 0 Å². The van der Waals surface area contributed by atoms with E-state index in [2.05, 4.69) is 24.1 Å². The average Bonchev–Trinajstić information content (AvgIpc) is 2.75. The molecule has 0 spiro atoms. The Labute approximate surface area is 181 Å². The summed E-state index contributed by atoms with van der Waals surface area (Å²) >= 11 is 0. The van der Waals surface area contributed by atoms with Crippen LogP contribution in [0, 0.1) is 6.92 Å². The van der Waals surface area contributed by atoms with Crippen molar-refractivity contribution in [3.8, 4) is 0 Å². The van der Waals surface area contributed by atoms with Crippen molar-refractivity contribution in [3.05, 3.63) is 99.5 Å². The third-order valence-corrected chi connectivity index (χ3v) is 5.23. The molecule has 160 valence electrons. The standard InChI is InChI=1S/C25H27N3O3/c1-16(2)18-9-12-21(13-10-18)27-24(30)23(19-7-5-17(3)6-8-19)28(4)25(31)20-11-14-22(29)26-15-20/h5-16,23H,1-4H3,(H,26,29)(H,27,30)/t23-/m1/s1. The van der Waals surface area contributed by atoms with Crippen LogP contribution in [0.3, 0.4) is 0 Å². The van der Waals surface area contributed by atoms with Gasteiger partial charge in [0.1, 0.15) is 6.04 Å². The van der Waals surface area contributed by atoms with E-state index in [1.165, 1.54) is 28.8 Å². The van der Waals surface area contributed by atoms with E-state index in [-0.39, 0.29) is 17.4 Å². The van der Waals surface area contributed by atoms with Crippen molar-refractivity contribution in [2.75, 3.05) is 12.4 Å². The van der Waals surface area contributed by atoms with Crippen LogP contribution in [-0.2, 0) is 4.79 Å². The van der Waals surface area contributed by atoms with Gasteiger partial charge in [-0.05, 0) is 42.2 Å². The number of aromatic amines is 1. The average molecular weight is 418 g/mol. The smallest absolute Gasteiger partial charge is 0.256 e. The van der Waals surface area contributed by atoms with Gasteiger partial charge in [-0.15, -0.1) is 0 Å². The Morgan fingerprint density at radius 2 is 1.52 bits per heavy atom. The molecule has 6 heteroatoms. The molecule has 1 heterocycles. The Balaban J connectivity index is 1.90. The number of nitrogens with zero attached hydrogens (tertiary/aromatic N) is 1. The number of carbonyl (C=O) groups is 2. The van der Waals surface area contributed by atoms with Gasteiger partial charge in [-0.25, -0.2) is 0 Å². The van der Waals surface area contributed by atoms with Gasteiger partial charge in [0.15, 0.2) is 0 Å². The van der Waals surface area contributed by atoms with E-state index in [1.807, 2.05) is 55.5 Å². The number of hydrogen-bond acceptors (Lipinski definition) is 3. The van der Waals surface area contributed by atoms with Gasteiger partial charge < -0.3 is 15.2 Å². The van der Waals surface area contributed by atoms with Crippen LogP contribution in [0.2, 0.25) is 0 Å². The van der Waals surface area contributed by atoms with Crippen LogP contribution >= 0.6 is 0 Å². The lowest BCUT2D eigenvalue weighted by atomic mass is 10.0. The zero-order valence-corrected chi connectivity index (χ0v) is 18.2. The van der Waals surface area contributed by atoms with Crippen molar-refractivity contribution in [3.63, 3.8) is 0 Å². The molecule has 0 radical (unpaired) electrons. The number of rotatable bonds is 6. The van der Waals surface area contributed by atoms with Gasteiger partial charge in [0.25, 0.3) is 11.8 Å². The van der Waals surface area contributed by atoms with E-state index >= 15 is 0 Å². The summed E-state index contributed by atoms with van der Waals surface area (Å²) in [6.45, 7) is 6.18. The fourth-order valence-corrected chi connectivity index (χ4v) is 3.33. The number of H-pyrrole nitrogens is 1. The molecule has 0 bridgehead atoms. The number of hydrogen-bond donors (Lipinski definition) is 2. The molecule has 2 aromatic carbocycles. The molecule has 0 aliphatic rings. The second-order valence-electron chi connectivity index (χ2n) is 7.94. The second kappa shape index (κ2) is 9.43. The molecule has 1 atom stereocenters. The Bertz CT molecular complexity index is 1100. The van der Waals surface area contributed by atoms with Crippen molar-refractivity contribution in [1.82, 2.24) is 9.88 Å². The maximum atomic E-state index is 13.3. The summed E-state index contributed by atoms with van der Waals surface area (Å²) in [5, 5.41) is 2.93. The molecular formula is C25H27N3O3. The highest BCUT2D eigenvalue weighted by Gasteiger charge is 2.29. The maximum absolute atomic E-state index is 13.3. The van der Waals surface area contributed by atoms with Crippen LogP contribution in [0.5, 0.6) is 0 Å². The summed E-state index contributed by atoms with van der Waals surface area (Å²) in [7, 11) is 1.58. The first-order valence-corrected chi connectivity index (χ1v) is 10.2. The summed E-state index contributed by atoms with van der Waals surface area (Å²) in [5.41, 5.74) is 3.60. The fourth-order valence-electron chi connectivity index (χ4n) is 3.33. The molecule has 1 aromatic heterocycles. The monoisotopic (exact) mass is 417 g/mol. The third kappa shape index (κ3) is 5.28. The first-order valence-electron chi connectivity index (χ1n) is 10.2. The molecule has 6 nitrogen and oxygen atoms in total. The van der Waals surface area contributed by atoms with Crippen LogP contribution in [0.25, 0.3) is 0 Å². The summed E-state index contributed by atoms with van der Waals surface area (Å²) in [4.78, 5) is 41.5. The molecule has 3 aromatic rings. The first kappa shape index (κ1) is 22.0. The number of amides is 2. The fraction of sp³-hybridized carbons (Fsp3) is 0.240. The molecule has 0 aliphatic heterocycles. The van der Waals surface area contributed by atoms with Crippen LogP contribution in [0.4, 0.5) is 5.69 Å². The number of anilines is 1. The van der Waals surface area contributed by atoms with Crippen LogP contribution in [-0.4, -0.2) is 28.7 Å². The van der Waals surface area contributed by atoms with Gasteiger partial charge in [0.2, 0.25) is 5.56 Å². The minimum absolute atomic E-state index is 0.295. The van der Waals surface area contributed by atoms with E-state index in [0.717, 1.165) is 5.56 Å². The number of pyridine rings is 1. The highest BCUT2D eigenvalue weighted by molar-refractivity contribution is 6.01. The minimum atomic E-state index is -0.843. The van der Waals surface area contributed by atoms with Crippen LogP contribution in [0.1, 0.15) is 52.9 Å². The maximum Gasteiger partial charge on any atom is 0.256 e. The van der Waals surface area contributed by atoms with Crippen LogP contribution in [0.15, 0.2) is 71.7 Å². The Morgan fingerprint density at radius 3 is 2.06 bits per heavy atom. The highest BCUT2D eigenvalue weighted by atomic mass is 16.2. The van der Waals surface area contributed by atoms with Gasteiger partial charge >= 0.3 is 0 Å². The van der Waals surface area contributed by atoms with Gasteiger partial charge in [0, 0.05) is 25.0 Å². The molecule has 0 saturated carbocycles. The van der Waals surface area contributed by atoms with Crippen molar-refractivity contribution in [1.29, 1.82) is 0 Å². The summed E-state index contributed by atoms with van der Waals surface area (Å²) in [6.07, 6.45) is 1.36. The van der Waals surface area contributed by atoms with E-state index in [4.69, 9.17) is 0 Å². The van der Waals surface area contributed by atoms with Crippen molar-refractivity contribution < 1.29 is 9.59 Å². The first-order chi connectivity index (χ1) is 14.8. The molecule has 0 aliphatic carbocycles. The van der Waals surface area contributed by atoms with Crippen molar-refractivity contribution in [2.45, 2.75) is 32.7 Å². The zero-order chi connectivity index (χ0) is 22.5. The largest absolute Gasteiger partial charge is 0.328 e. The van der Waals surface area contributed by atoms with Gasteiger partial charge in [-0.3, -0.25) is 14.4 Å². The van der Waals surface area contributed by atoms with E-state index < -0.39 is 6.04 Å². The molecule has 31 heavy (non-hydrogen) atoms. The molecule has 3 rings (SSSR count). The molecule has 0 unspecified atom stereocenters. The Kier molecular flexibility index (Phi) is 6.70. The SMILES string of the molecule is Cc1ccc([C@H](C(=O)Nc2ccc(C(C)C)cc2)N(C)C(=O)c2ccc(=O)[nH]c2)cc1. The summed E-state index contributed by atoms with van der Waals surface area (Å²) in [5.74, 6) is -0.292. The quantitative estimate of drug-likeness (QED) is 0.629. The van der Waals surface area contributed by atoms with Gasteiger partial charge in [-0.2, -0.15) is 0 Å². The highest BCUT2D eigenvalue weighted by Crippen LogP contribution is 2.25. The zero-order valence-electron chi connectivity index (χ0n) is 18.2. The number of carbonyl (C=O) groups excluding carboxylic acids is 2. The third-order valence-electron chi connectivity index (χ3n) is 5.23. The second-order valence-corrected chi connectivity index (χ2v) is 7.94. The number of likely N-dealkylation sites (N-methyl/N-ethyl adjacent to an activating group) is 1. The Hall–Kier alpha value is -3.67. The topological polar surface area (TPSA) is 82.3 Å². The molecule has 0 saturated heterocycles. The van der Waals surface area contributed by atoms with E-state index in [1.54, 1.807) is 7.05 Å². The molecule has 2 amide bonds. The Morgan fingerprint density at radius 1 is 0.903 bits per heavy atom. The van der Waals surface area contributed by atoms with Gasteiger partial charge in [-0.1, -0.05) is 55.8 Å². The summed E-state index contributed by atoms with van der Waals surface area (Å²) < 4.78 is 0. The van der Waals surface area contributed by atoms with Gasteiger partial charge in [0.05, 0.1) is 5.56 Å². The summed E-state index contributed by atoms with van der Waals surface area (Å²) in [6, 6.07) is 17.1. The lowest BCUT2D eigenvalue weighted by Crippen LogP contribution is -2.38. The lowest BCUT2D eigenvalue weighted by molar-refractivity contribution is -0.120. The predicted molar refractivity (Wildman–Crippen MR) is 122 cm³/mol. The predicted octanol–water partition coefficient (Wildman–Crippen LogP) is 4.26. The number of aryl methyl sites for hydroxylation is 1. The number of aromatic nitrogens is 1. The van der Waals surface area contributed by atoms with Crippen molar-refractivity contribution >= 4 is 17.5 Å². The number of benzene rings is 2. The van der Waals surface area contributed by atoms with E-state index in [9.17, 15) is 14.4 Å². The lowest BCUT2D eigenvalue weighted by Gasteiger charge is -2.28. The molecule has 0 fully saturated rings. The molecular weight excluding hydrogens is 390 g/mol. The van der Waals surface area contributed by atoms with E-state index in [0.29, 0.717) is 22.7 Å².